The van der Waals surface area contributed by atoms with E-state index >= 15 is 0 Å². The maximum Gasteiger partial charge on any atom is 0.326 e. The van der Waals surface area contributed by atoms with Gasteiger partial charge in [0.2, 0.25) is 17.7 Å². The molecule has 0 saturated heterocycles. The minimum Gasteiger partial charge on any atom is -0.481 e. The van der Waals surface area contributed by atoms with Crippen LogP contribution in [0.5, 0.6) is 0 Å². The smallest absolute Gasteiger partial charge is 0.326 e. The summed E-state index contributed by atoms with van der Waals surface area (Å²) in [5.74, 6) is -5.01. The zero-order valence-electron chi connectivity index (χ0n) is 14.7. The molecule has 26 heavy (non-hydrogen) atoms. The Hall–Kier alpha value is -2.69. The first kappa shape index (κ1) is 23.3. The Kier molecular flexibility index (Phi) is 9.89. The quantitative estimate of drug-likeness (QED) is 0.228. The number of carbonyl (C=O) groups is 5. The molecular formula is C15H26N4O7. The molecule has 0 unspecified atom stereocenters. The molecule has 3 amide bonds. The van der Waals surface area contributed by atoms with Crippen LogP contribution in [0.4, 0.5) is 0 Å². The van der Waals surface area contributed by atoms with E-state index in [1.54, 1.807) is 13.8 Å². The molecule has 0 saturated carbocycles. The van der Waals surface area contributed by atoms with Crippen LogP contribution in [0, 0.1) is 5.92 Å². The highest BCUT2D eigenvalue weighted by molar-refractivity contribution is 5.93. The van der Waals surface area contributed by atoms with Gasteiger partial charge in [-0.1, -0.05) is 13.8 Å². The number of aliphatic carboxylic acids is 2. The summed E-state index contributed by atoms with van der Waals surface area (Å²) in [5.41, 5.74) is 10.5. The van der Waals surface area contributed by atoms with E-state index < -0.39 is 54.2 Å². The van der Waals surface area contributed by atoms with Crippen LogP contribution in [0.15, 0.2) is 0 Å². The Morgan fingerprint density at radius 1 is 0.962 bits per heavy atom. The molecule has 0 bridgehead atoms. The van der Waals surface area contributed by atoms with E-state index in [-0.39, 0.29) is 25.2 Å². The summed E-state index contributed by atoms with van der Waals surface area (Å²) in [7, 11) is 0. The minimum atomic E-state index is -1.40. The van der Waals surface area contributed by atoms with Gasteiger partial charge in [0, 0.05) is 6.42 Å². The summed E-state index contributed by atoms with van der Waals surface area (Å²) in [6.07, 6.45) is -0.910. The van der Waals surface area contributed by atoms with Crippen LogP contribution >= 0.6 is 0 Å². The fourth-order valence-corrected chi connectivity index (χ4v) is 2.08. The van der Waals surface area contributed by atoms with Crippen LogP contribution < -0.4 is 22.1 Å². The number of rotatable bonds is 12. The summed E-state index contributed by atoms with van der Waals surface area (Å²) < 4.78 is 0. The highest BCUT2D eigenvalue weighted by Gasteiger charge is 2.29. The van der Waals surface area contributed by atoms with E-state index in [1.165, 1.54) is 0 Å². The summed E-state index contributed by atoms with van der Waals surface area (Å²) >= 11 is 0. The number of nitrogens with one attached hydrogen (secondary N) is 2. The average Bonchev–Trinajstić information content (AvgIpc) is 2.48. The van der Waals surface area contributed by atoms with Gasteiger partial charge >= 0.3 is 11.9 Å². The van der Waals surface area contributed by atoms with E-state index in [2.05, 4.69) is 10.6 Å². The standard InChI is InChI=1S/C15H26N4O7/c1-7(2)5-10(15(25)26)19-14(24)9(3-4-11(17)20)18-13(23)8(16)6-12(21)22/h7-10H,3-6,16H2,1-2H3,(H2,17,20)(H,18,23)(H,19,24)(H,21,22)(H,25,26)/t8-,9-,10-/m0/s1. The van der Waals surface area contributed by atoms with E-state index in [1.807, 2.05) is 0 Å². The largest absolute Gasteiger partial charge is 0.481 e. The topological polar surface area (TPSA) is 202 Å². The van der Waals surface area contributed by atoms with Gasteiger partial charge in [0.25, 0.3) is 0 Å². The lowest BCUT2D eigenvalue weighted by molar-refractivity contribution is -0.143. The van der Waals surface area contributed by atoms with E-state index in [0.29, 0.717) is 0 Å². The van der Waals surface area contributed by atoms with Crippen molar-refractivity contribution in [1.82, 2.24) is 10.6 Å². The van der Waals surface area contributed by atoms with Gasteiger partial charge in [-0.15, -0.1) is 0 Å². The third kappa shape index (κ3) is 9.57. The van der Waals surface area contributed by atoms with Gasteiger partial charge in [0.05, 0.1) is 12.5 Å². The Morgan fingerprint density at radius 3 is 1.92 bits per heavy atom. The van der Waals surface area contributed by atoms with E-state index in [9.17, 15) is 29.1 Å². The summed E-state index contributed by atoms with van der Waals surface area (Å²) in [4.78, 5) is 57.1. The molecule has 0 heterocycles. The predicted octanol–water partition coefficient (Wildman–Crippen LogP) is -1.85. The molecule has 3 atom stereocenters. The fourth-order valence-electron chi connectivity index (χ4n) is 2.08. The summed E-state index contributed by atoms with van der Waals surface area (Å²) in [6.45, 7) is 3.55. The van der Waals surface area contributed by atoms with Crippen LogP contribution in [0.3, 0.4) is 0 Å². The lowest BCUT2D eigenvalue weighted by Crippen LogP contribution is -2.55. The molecule has 148 valence electrons. The Balaban J connectivity index is 5.11. The van der Waals surface area contributed by atoms with Gasteiger partial charge in [-0.2, -0.15) is 0 Å². The molecule has 0 fully saturated rings. The van der Waals surface area contributed by atoms with E-state index in [4.69, 9.17) is 16.6 Å². The monoisotopic (exact) mass is 374 g/mol. The zero-order valence-corrected chi connectivity index (χ0v) is 14.7. The van der Waals surface area contributed by atoms with Gasteiger partial charge in [0.15, 0.2) is 0 Å². The fraction of sp³-hybridized carbons (Fsp3) is 0.667. The first-order valence-electron chi connectivity index (χ1n) is 8.03. The van der Waals surface area contributed by atoms with Gasteiger partial charge in [0.1, 0.15) is 12.1 Å². The number of carboxylic acids is 2. The Bertz CT molecular complexity index is 550. The van der Waals surface area contributed by atoms with Crippen molar-refractivity contribution in [2.75, 3.05) is 0 Å². The molecule has 0 aromatic rings. The number of carbonyl (C=O) groups excluding carboxylic acids is 3. The second-order valence-electron chi connectivity index (χ2n) is 6.30. The van der Waals surface area contributed by atoms with Crippen LogP contribution in [0.2, 0.25) is 0 Å². The predicted molar refractivity (Wildman–Crippen MR) is 89.6 cm³/mol. The molecule has 8 N–H and O–H groups in total. The zero-order chi connectivity index (χ0) is 20.4. The molecule has 0 aromatic heterocycles. The van der Waals surface area contributed by atoms with Crippen molar-refractivity contribution >= 4 is 29.7 Å². The number of hydrogen-bond acceptors (Lipinski definition) is 6. The molecule has 0 spiro atoms. The molecule has 0 aliphatic carbocycles. The molecule has 0 rings (SSSR count). The number of primary amides is 1. The van der Waals surface area contributed by atoms with Crippen molar-refractivity contribution in [1.29, 1.82) is 0 Å². The van der Waals surface area contributed by atoms with Crippen molar-refractivity contribution in [3.05, 3.63) is 0 Å². The summed E-state index contributed by atoms with van der Waals surface area (Å²) in [5, 5.41) is 22.4. The van der Waals surface area contributed by atoms with E-state index in [0.717, 1.165) is 0 Å². The van der Waals surface area contributed by atoms with Crippen LogP contribution in [-0.4, -0.2) is 58.0 Å². The minimum absolute atomic E-state index is 0.0148. The maximum absolute atomic E-state index is 12.3. The second kappa shape index (κ2) is 11.0. The highest BCUT2D eigenvalue weighted by Crippen LogP contribution is 2.07. The van der Waals surface area contributed by atoms with Crippen molar-refractivity contribution in [3.8, 4) is 0 Å². The molecule has 11 nitrogen and oxygen atoms in total. The lowest BCUT2D eigenvalue weighted by Gasteiger charge is -2.23. The number of nitrogens with two attached hydrogens (primary N) is 2. The number of amides is 3. The highest BCUT2D eigenvalue weighted by atomic mass is 16.4. The SMILES string of the molecule is CC(C)C[C@H](NC(=O)[C@H](CCC(N)=O)NC(=O)[C@@H](N)CC(=O)O)C(=O)O. The molecule has 11 heteroatoms. The molecule has 0 radical (unpaired) electrons. The van der Waals surface area contributed by atoms with Crippen molar-refractivity contribution in [2.45, 2.75) is 57.7 Å². The maximum atomic E-state index is 12.3. The Labute approximate surface area is 150 Å². The lowest BCUT2D eigenvalue weighted by atomic mass is 10.0. The number of hydrogen-bond donors (Lipinski definition) is 6. The van der Waals surface area contributed by atoms with Crippen molar-refractivity contribution < 1.29 is 34.2 Å². The van der Waals surface area contributed by atoms with Crippen LogP contribution in [-0.2, 0) is 24.0 Å². The van der Waals surface area contributed by atoms with Crippen LogP contribution in [0.1, 0.15) is 39.5 Å². The van der Waals surface area contributed by atoms with Gasteiger partial charge < -0.3 is 32.3 Å². The Morgan fingerprint density at radius 2 is 1.50 bits per heavy atom. The molecule has 0 aromatic carbocycles. The molecular weight excluding hydrogens is 348 g/mol. The average molecular weight is 374 g/mol. The van der Waals surface area contributed by atoms with Crippen LogP contribution in [0.25, 0.3) is 0 Å². The third-order valence-electron chi connectivity index (χ3n) is 3.37. The normalized spacial score (nSPS) is 14.2. The van der Waals surface area contributed by atoms with Crippen molar-refractivity contribution in [2.24, 2.45) is 17.4 Å². The second-order valence-corrected chi connectivity index (χ2v) is 6.30. The summed E-state index contributed by atoms with van der Waals surface area (Å²) in [6, 6.07) is -3.85. The first-order valence-corrected chi connectivity index (χ1v) is 8.03. The van der Waals surface area contributed by atoms with Crippen molar-refractivity contribution in [3.63, 3.8) is 0 Å². The molecule has 0 aliphatic heterocycles. The number of carboxylic acid groups (broad SMARTS) is 2. The van der Waals surface area contributed by atoms with Gasteiger partial charge in [-0.3, -0.25) is 19.2 Å². The first-order chi connectivity index (χ1) is 11.9. The van der Waals surface area contributed by atoms with Gasteiger partial charge in [-0.05, 0) is 18.8 Å². The molecule has 0 aliphatic rings. The van der Waals surface area contributed by atoms with Gasteiger partial charge in [-0.25, -0.2) is 4.79 Å². The third-order valence-corrected chi connectivity index (χ3v) is 3.37.